The van der Waals surface area contributed by atoms with Gasteiger partial charge in [-0.2, -0.15) is 0 Å². The molecule has 0 spiro atoms. The Labute approximate surface area is 106 Å². The van der Waals surface area contributed by atoms with Crippen LogP contribution in [0.2, 0.25) is 0 Å². The average molecular weight is 238 g/mol. The van der Waals surface area contributed by atoms with Crippen molar-refractivity contribution in [3.05, 3.63) is 0 Å². The molecule has 1 atom stereocenters. The molecule has 0 aromatic carbocycles. The highest BCUT2D eigenvalue weighted by Crippen LogP contribution is 2.07. The minimum atomic E-state index is 0.339. The second-order valence-corrected chi connectivity index (χ2v) is 5.27. The minimum absolute atomic E-state index is 0.339. The highest BCUT2D eigenvalue weighted by Gasteiger charge is 2.21. The van der Waals surface area contributed by atoms with Crippen molar-refractivity contribution >= 4 is 0 Å². The van der Waals surface area contributed by atoms with Crippen molar-refractivity contribution in [3.8, 4) is 11.8 Å². The van der Waals surface area contributed by atoms with Gasteiger partial charge in [-0.1, -0.05) is 19.8 Å². The van der Waals surface area contributed by atoms with Crippen LogP contribution in [0.1, 0.15) is 20.8 Å². The summed E-state index contributed by atoms with van der Waals surface area (Å²) >= 11 is 0. The number of morpholine rings is 1. The van der Waals surface area contributed by atoms with Gasteiger partial charge in [0.1, 0.15) is 0 Å². The number of ether oxygens (including phenoxy) is 1. The van der Waals surface area contributed by atoms with Gasteiger partial charge in [0.25, 0.3) is 0 Å². The summed E-state index contributed by atoms with van der Waals surface area (Å²) in [6.45, 7) is 12.3. The Hall–Kier alpha value is -0.560. The van der Waals surface area contributed by atoms with Crippen LogP contribution >= 0.6 is 0 Å². The molecule has 1 fully saturated rings. The molecular formula is C14H26N2O. The second kappa shape index (κ2) is 7.71. The molecule has 17 heavy (non-hydrogen) atoms. The SMILES string of the molecule is CC#CCN1CCOC(CN(C)CC(C)C)C1. The molecule has 0 saturated carbocycles. The molecule has 1 saturated heterocycles. The van der Waals surface area contributed by atoms with Crippen molar-refractivity contribution < 1.29 is 4.74 Å². The molecule has 0 aromatic rings. The van der Waals surface area contributed by atoms with Crippen LogP contribution in [0.15, 0.2) is 0 Å². The van der Waals surface area contributed by atoms with Gasteiger partial charge in [-0.15, -0.1) is 5.92 Å². The number of hydrogen-bond acceptors (Lipinski definition) is 3. The summed E-state index contributed by atoms with van der Waals surface area (Å²) < 4.78 is 5.81. The first-order valence-electron chi connectivity index (χ1n) is 6.54. The van der Waals surface area contributed by atoms with Gasteiger partial charge in [-0.3, -0.25) is 4.90 Å². The van der Waals surface area contributed by atoms with Crippen molar-refractivity contribution in [2.45, 2.75) is 26.9 Å². The molecule has 0 amide bonds. The van der Waals surface area contributed by atoms with Crippen LogP contribution in [0.5, 0.6) is 0 Å². The molecule has 3 nitrogen and oxygen atoms in total. The monoisotopic (exact) mass is 238 g/mol. The average Bonchev–Trinajstić information content (AvgIpc) is 2.25. The van der Waals surface area contributed by atoms with Gasteiger partial charge in [0.05, 0.1) is 19.3 Å². The summed E-state index contributed by atoms with van der Waals surface area (Å²) in [5.74, 6) is 6.80. The molecule has 1 unspecified atom stereocenters. The zero-order valence-electron chi connectivity index (χ0n) is 11.7. The number of likely N-dealkylation sites (N-methyl/N-ethyl adjacent to an activating group) is 1. The summed E-state index contributed by atoms with van der Waals surface area (Å²) in [5, 5.41) is 0. The predicted octanol–water partition coefficient (Wildman–Crippen LogP) is 1.30. The van der Waals surface area contributed by atoms with Crippen molar-refractivity contribution in [2.24, 2.45) is 5.92 Å². The lowest BCUT2D eigenvalue weighted by molar-refractivity contribution is -0.0373. The number of rotatable bonds is 5. The summed E-state index contributed by atoms with van der Waals surface area (Å²) in [6, 6.07) is 0. The maximum Gasteiger partial charge on any atom is 0.0829 e. The quantitative estimate of drug-likeness (QED) is 0.672. The lowest BCUT2D eigenvalue weighted by Gasteiger charge is -2.34. The van der Waals surface area contributed by atoms with Crippen molar-refractivity contribution in [1.29, 1.82) is 0 Å². The van der Waals surface area contributed by atoms with E-state index in [1.807, 2.05) is 6.92 Å². The molecule has 3 heteroatoms. The third-order valence-corrected chi connectivity index (χ3v) is 2.89. The third-order valence-electron chi connectivity index (χ3n) is 2.89. The summed E-state index contributed by atoms with van der Waals surface area (Å²) in [7, 11) is 2.17. The van der Waals surface area contributed by atoms with Crippen molar-refractivity contribution in [3.63, 3.8) is 0 Å². The van der Waals surface area contributed by atoms with E-state index in [1.165, 1.54) is 0 Å². The maximum absolute atomic E-state index is 5.81. The van der Waals surface area contributed by atoms with Crippen LogP contribution < -0.4 is 0 Å². The Kier molecular flexibility index (Phi) is 6.57. The zero-order chi connectivity index (χ0) is 12.7. The fourth-order valence-electron chi connectivity index (χ4n) is 2.27. The summed E-state index contributed by atoms with van der Waals surface area (Å²) in [6.07, 6.45) is 0.339. The van der Waals surface area contributed by atoms with Crippen LogP contribution in [0.25, 0.3) is 0 Å². The molecule has 98 valence electrons. The molecule has 0 aromatic heterocycles. The first-order valence-corrected chi connectivity index (χ1v) is 6.54. The van der Waals surface area contributed by atoms with Crippen LogP contribution in [-0.2, 0) is 4.74 Å². The van der Waals surface area contributed by atoms with E-state index in [1.54, 1.807) is 0 Å². The normalized spacial score (nSPS) is 21.6. The van der Waals surface area contributed by atoms with E-state index in [-0.39, 0.29) is 0 Å². The molecule has 1 aliphatic rings. The fourth-order valence-corrected chi connectivity index (χ4v) is 2.27. The van der Waals surface area contributed by atoms with Gasteiger partial charge in [0.15, 0.2) is 0 Å². The van der Waals surface area contributed by atoms with Crippen LogP contribution in [0.4, 0.5) is 0 Å². The van der Waals surface area contributed by atoms with E-state index in [0.717, 1.165) is 39.3 Å². The molecule has 0 radical (unpaired) electrons. The largest absolute Gasteiger partial charge is 0.374 e. The number of hydrogen-bond donors (Lipinski definition) is 0. The summed E-state index contributed by atoms with van der Waals surface area (Å²) in [4.78, 5) is 4.75. The zero-order valence-corrected chi connectivity index (χ0v) is 11.7. The van der Waals surface area contributed by atoms with Crippen LogP contribution in [0, 0.1) is 17.8 Å². The number of nitrogens with zero attached hydrogens (tertiary/aromatic N) is 2. The maximum atomic E-state index is 5.81. The molecule has 1 rings (SSSR count). The first-order chi connectivity index (χ1) is 8.11. The highest BCUT2D eigenvalue weighted by molar-refractivity contribution is 4.98. The van der Waals surface area contributed by atoms with Gasteiger partial charge in [0.2, 0.25) is 0 Å². The Morgan fingerprint density at radius 1 is 1.47 bits per heavy atom. The highest BCUT2D eigenvalue weighted by atomic mass is 16.5. The molecular weight excluding hydrogens is 212 g/mol. The molecule has 0 aliphatic carbocycles. The van der Waals surface area contributed by atoms with E-state index < -0.39 is 0 Å². The van der Waals surface area contributed by atoms with E-state index in [4.69, 9.17) is 4.74 Å². The van der Waals surface area contributed by atoms with E-state index in [9.17, 15) is 0 Å². The van der Waals surface area contributed by atoms with Gasteiger partial charge in [-0.25, -0.2) is 0 Å². The van der Waals surface area contributed by atoms with Crippen molar-refractivity contribution in [2.75, 3.05) is 46.4 Å². The molecule has 0 bridgehead atoms. The second-order valence-electron chi connectivity index (χ2n) is 5.27. The Morgan fingerprint density at radius 2 is 2.24 bits per heavy atom. The van der Waals surface area contributed by atoms with Gasteiger partial charge in [0, 0.05) is 26.2 Å². The van der Waals surface area contributed by atoms with Crippen LogP contribution in [0.3, 0.4) is 0 Å². The lowest BCUT2D eigenvalue weighted by Crippen LogP contribution is -2.47. The first kappa shape index (κ1) is 14.5. The fraction of sp³-hybridized carbons (Fsp3) is 0.857. The van der Waals surface area contributed by atoms with Gasteiger partial charge in [-0.05, 0) is 19.9 Å². The van der Waals surface area contributed by atoms with E-state index in [2.05, 4.69) is 42.5 Å². The third kappa shape index (κ3) is 6.07. The van der Waals surface area contributed by atoms with Crippen LogP contribution in [-0.4, -0.2) is 62.3 Å². The Balaban J connectivity index is 2.30. The smallest absolute Gasteiger partial charge is 0.0829 e. The van der Waals surface area contributed by atoms with Gasteiger partial charge < -0.3 is 9.64 Å². The Morgan fingerprint density at radius 3 is 2.88 bits per heavy atom. The Bertz CT molecular complexity index is 267. The molecule has 1 heterocycles. The topological polar surface area (TPSA) is 15.7 Å². The lowest BCUT2D eigenvalue weighted by atomic mass is 10.2. The summed E-state index contributed by atoms with van der Waals surface area (Å²) in [5.41, 5.74) is 0. The van der Waals surface area contributed by atoms with E-state index >= 15 is 0 Å². The van der Waals surface area contributed by atoms with E-state index in [0.29, 0.717) is 12.0 Å². The predicted molar refractivity (Wildman–Crippen MR) is 72.0 cm³/mol. The molecule has 1 aliphatic heterocycles. The minimum Gasteiger partial charge on any atom is -0.374 e. The van der Waals surface area contributed by atoms with Gasteiger partial charge >= 0.3 is 0 Å². The molecule has 0 N–H and O–H groups in total. The standard InChI is InChI=1S/C14H26N2O/c1-5-6-7-16-8-9-17-14(12-16)11-15(4)10-13(2)3/h13-14H,7-12H2,1-4H3. The van der Waals surface area contributed by atoms with Crippen molar-refractivity contribution in [1.82, 2.24) is 9.80 Å².